The maximum atomic E-state index is 12.6. The third kappa shape index (κ3) is 3.39. The van der Waals surface area contributed by atoms with Gasteiger partial charge in [0.1, 0.15) is 0 Å². The number of hydrogen-bond donors (Lipinski definition) is 2. The average Bonchev–Trinajstić information content (AvgIpc) is 2.52. The highest BCUT2D eigenvalue weighted by molar-refractivity contribution is 8.00. The molecule has 4 nitrogen and oxygen atoms in total. The monoisotopic (exact) mass is 332 g/mol. The van der Waals surface area contributed by atoms with Gasteiger partial charge in [-0.05, 0) is 43.4 Å². The number of nitrogens with one attached hydrogen (secondary N) is 2. The zero-order valence-corrected chi connectivity index (χ0v) is 14.7. The summed E-state index contributed by atoms with van der Waals surface area (Å²) in [5, 5.41) is 5.98. The fourth-order valence-electron chi connectivity index (χ4n) is 3.39. The number of benzene rings is 1. The molecule has 1 fully saturated rings. The number of carbonyl (C=O) groups is 2. The molecule has 124 valence electrons. The van der Waals surface area contributed by atoms with Crippen LogP contribution in [0.2, 0.25) is 0 Å². The highest BCUT2D eigenvalue weighted by Crippen LogP contribution is 2.36. The zero-order valence-electron chi connectivity index (χ0n) is 13.9. The van der Waals surface area contributed by atoms with Crippen LogP contribution < -0.4 is 10.6 Å². The van der Waals surface area contributed by atoms with E-state index >= 15 is 0 Å². The number of fused-ring (bicyclic) bond motifs is 1. The molecule has 0 unspecified atom stereocenters. The van der Waals surface area contributed by atoms with Gasteiger partial charge in [-0.15, -0.1) is 11.8 Å². The first-order valence-corrected chi connectivity index (χ1v) is 9.26. The second-order valence-corrected chi connectivity index (χ2v) is 8.19. The second-order valence-electron chi connectivity index (χ2n) is 6.81. The molecule has 0 spiro atoms. The Morgan fingerprint density at radius 3 is 2.83 bits per heavy atom. The molecule has 1 aromatic carbocycles. The Morgan fingerprint density at radius 1 is 1.26 bits per heavy atom. The van der Waals surface area contributed by atoms with E-state index in [2.05, 4.69) is 24.5 Å². The van der Waals surface area contributed by atoms with E-state index in [1.807, 2.05) is 19.1 Å². The molecule has 5 heteroatoms. The number of carbonyl (C=O) groups excluding carboxylic acids is 2. The van der Waals surface area contributed by atoms with Crippen molar-refractivity contribution in [3.8, 4) is 0 Å². The summed E-state index contributed by atoms with van der Waals surface area (Å²) in [6.07, 6.45) is 3.46. The maximum absolute atomic E-state index is 12.6. The molecule has 3 rings (SSSR count). The van der Waals surface area contributed by atoms with Gasteiger partial charge in [-0.1, -0.05) is 26.7 Å². The van der Waals surface area contributed by atoms with E-state index in [-0.39, 0.29) is 23.1 Å². The minimum atomic E-state index is -0.0910. The quantitative estimate of drug-likeness (QED) is 0.869. The molecule has 1 saturated carbocycles. The van der Waals surface area contributed by atoms with Gasteiger partial charge in [0.25, 0.3) is 5.91 Å². The van der Waals surface area contributed by atoms with Gasteiger partial charge in [-0.2, -0.15) is 0 Å². The largest absolute Gasteiger partial charge is 0.349 e. The molecule has 1 aliphatic carbocycles. The van der Waals surface area contributed by atoms with Gasteiger partial charge in [0, 0.05) is 16.5 Å². The van der Waals surface area contributed by atoms with E-state index in [4.69, 9.17) is 0 Å². The predicted molar refractivity (Wildman–Crippen MR) is 93.8 cm³/mol. The summed E-state index contributed by atoms with van der Waals surface area (Å²) in [6, 6.07) is 5.81. The summed E-state index contributed by atoms with van der Waals surface area (Å²) in [4.78, 5) is 25.4. The van der Waals surface area contributed by atoms with Crippen molar-refractivity contribution >= 4 is 29.3 Å². The normalized spacial score (nSPS) is 30.3. The highest BCUT2D eigenvalue weighted by atomic mass is 32.2. The van der Waals surface area contributed by atoms with Crippen LogP contribution in [-0.4, -0.2) is 23.1 Å². The van der Waals surface area contributed by atoms with Crippen molar-refractivity contribution in [3.05, 3.63) is 23.8 Å². The van der Waals surface area contributed by atoms with E-state index in [1.54, 1.807) is 6.07 Å². The van der Waals surface area contributed by atoms with Gasteiger partial charge in [-0.25, -0.2) is 0 Å². The van der Waals surface area contributed by atoms with E-state index in [0.717, 1.165) is 17.0 Å². The van der Waals surface area contributed by atoms with Gasteiger partial charge < -0.3 is 10.6 Å². The fourth-order valence-corrected chi connectivity index (χ4v) is 4.32. The van der Waals surface area contributed by atoms with Gasteiger partial charge in [0.2, 0.25) is 5.91 Å². The number of anilines is 1. The number of rotatable bonds is 2. The lowest BCUT2D eigenvalue weighted by Crippen LogP contribution is -2.43. The molecule has 0 bridgehead atoms. The lowest BCUT2D eigenvalue weighted by Gasteiger charge is -2.34. The van der Waals surface area contributed by atoms with Gasteiger partial charge in [0.15, 0.2) is 0 Å². The van der Waals surface area contributed by atoms with Gasteiger partial charge in [0.05, 0.1) is 10.9 Å². The van der Waals surface area contributed by atoms with Crippen molar-refractivity contribution in [1.82, 2.24) is 5.32 Å². The summed E-state index contributed by atoms with van der Waals surface area (Å²) >= 11 is 1.53. The summed E-state index contributed by atoms with van der Waals surface area (Å²) in [6.45, 7) is 6.37. The summed E-state index contributed by atoms with van der Waals surface area (Å²) in [7, 11) is 0. The minimum absolute atomic E-state index is 0.00483. The third-order valence-corrected chi connectivity index (χ3v) is 6.37. The topological polar surface area (TPSA) is 58.2 Å². The molecule has 23 heavy (non-hydrogen) atoms. The molecule has 0 radical (unpaired) electrons. The van der Waals surface area contributed by atoms with Crippen LogP contribution in [0.4, 0.5) is 5.69 Å². The molecule has 4 atom stereocenters. The molecular weight excluding hydrogens is 308 g/mol. The molecule has 1 aromatic rings. The first-order valence-electron chi connectivity index (χ1n) is 8.38. The van der Waals surface area contributed by atoms with E-state index in [9.17, 15) is 9.59 Å². The Labute approximate surface area is 141 Å². The SMILES string of the molecule is C[C@@H]1[C@H](C)CCC[C@H]1NC(=O)c1ccc2c(c1)NC(=O)[C@H](C)S2. The first-order chi connectivity index (χ1) is 11.0. The van der Waals surface area contributed by atoms with Crippen molar-refractivity contribution in [2.45, 2.75) is 56.2 Å². The van der Waals surface area contributed by atoms with E-state index in [1.165, 1.54) is 24.6 Å². The molecular formula is C18H24N2O2S. The van der Waals surface area contributed by atoms with E-state index in [0.29, 0.717) is 17.4 Å². The zero-order chi connectivity index (χ0) is 16.6. The van der Waals surface area contributed by atoms with Gasteiger partial charge >= 0.3 is 0 Å². The first kappa shape index (κ1) is 16.4. The Balaban J connectivity index is 1.73. The molecule has 1 aliphatic heterocycles. The fraction of sp³-hybridized carbons (Fsp3) is 0.556. The van der Waals surface area contributed by atoms with E-state index < -0.39 is 0 Å². The minimum Gasteiger partial charge on any atom is -0.349 e. The van der Waals surface area contributed by atoms with Crippen LogP contribution in [0.5, 0.6) is 0 Å². The van der Waals surface area contributed by atoms with Crippen LogP contribution in [0.15, 0.2) is 23.1 Å². The molecule has 1 heterocycles. The highest BCUT2D eigenvalue weighted by Gasteiger charge is 2.29. The summed E-state index contributed by atoms with van der Waals surface area (Å²) in [5.41, 5.74) is 1.36. The Morgan fingerprint density at radius 2 is 2.04 bits per heavy atom. The molecule has 2 N–H and O–H groups in total. The van der Waals surface area contributed by atoms with Crippen molar-refractivity contribution in [1.29, 1.82) is 0 Å². The van der Waals surface area contributed by atoms with Crippen molar-refractivity contribution < 1.29 is 9.59 Å². The van der Waals surface area contributed by atoms with Crippen LogP contribution in [-0.2, 0) is 4.79 Å². The van der Waals surface area contributed by atoms with Crippen LogP contribution in [0.1, 0.15) is 50.4 Å². The van der Waals surface area contributed by atoms with Crippen LogP contribution >= 0.6 is 11.8 Å². The molecule has 0 saturated heterocycles. The smallest absolute Gasteiger partial charge is 0.251 e. The summed E-state index contributed by atoms with van der Waals surface area (Å²) < 4.78 is 0. The van der Waals surface area contributed by atoms with Gasteiger partial charge in [-0.3, -0.25) is 9.59 Å². The Kier molecular flexibility index (Phi) is 4.67. The maximum Gasteiger partial charge on any atom is 0.251 e. The predicted octanol–water partition coefficient (Wildman–Crippen LogP) is 3.67. The van der Waals surface area contributed by atoms with Crippen LogP contribution in [0, 0.1) is 11.8 Å². The van der Waals surface area contributed by atoms with Crippen molar-refractivity contribution in [2.75, 3.05) is 5.32 Å². The average molecular weight is 332 g/mol. The molecule has 0 aromatic heterocycles. The standard InChI is InChI=1S/C18H24N2O2S/c1-10-5-4-6-14(11(10)2)19-18(22)13-7-8-16-15(9-13)20-17(21)12(3)23-16/h7-12,14H,4-6H2,1-3H3,(H,19,22)(H,20,21)/t10-,11-,12+,14-/m1/s1. The number of thioether (sulfide) groups is 1. The number of amides is 2. The van der Waals surface area contributed by atoms with Crippen LogP contribution in [0.25, 0.3) is 0 Å². The second kappa shape index (κ2) is 6.56. The molecule has 2 amide bonds. The van der Waals surface area contributed by atoms with Crippen molar-refractivity contribution in [3.63, 3.8) is 0 Å². The lowest BCUT2D eigenvalue weighted by molar-refractivity contribution is -0.115. The lowest BCUT2D eigenvalue weighted by atomic mass is 9.78. The Bertz CT molecular complexity index is 631. The summed E-state index contributed by atoms with van der Waals surface area (Å²) in [5.74, 6) is 1.10. The Hall–Kier alpha value is -1.49. The van der Waals surface area contributed by atoms with Crippen LogP contribution in [0.3, 0.4) is 0 Å². The molecule has 2 aliphatic rings. The third-order valence-electron chi connectivity index (χ3n) is 5.20. The number of hydrogen-bond acceptors (Lipinski definition) is 3. The van der Waals surface area contributed by atoms with Crippen molar-refractivity contribution in [2.24, 2.45) is 11.8 Å².